The molecule has 1 aromatic carbocycles. The zero-order chi connectivity index (χ0) is 14.3. The molecule has 3 nitrogen and oxygen atoms in total. The third-order valence-electron chi connectivity index (χ3n) is 5.00. The Balaban J connectivity index is 1.94. The molecule has 1 saturated heterocycles. The van der Waals surface area contributed by atoms with Gasteiger partial charge in [-0.2, -0.15) is 0 Å². The van der Waals surface area contributed by atoms with Gasteiger partial charge >= 0.3 is 0 Å². The van der Waals surface area contributed by atoms with Crippen molar-refractivity contribution in [2.45, 2.75) is 45.8 Å². The van der Waals surface area contributed by atoms with Gasteiger partial charge in [-0.1, -0.05) is 19.1 Å². The lowest BCUT2D eigenvalue weighted by atomic mass is 9.90. The maximum Gasteiger partial charge on any atom is 0.127 e. The molecule has 3 rings (SSSR count). The number of fused-ring (bicyclic) bond motifs is 1. The van der Waals surface area contributed by atoms with Gasteiger partial charge in [0, 0.05) is 5.56 Å². The molecule has 3 heteroatoms. The summed E-state index contributed by atoms with van der Waals surface area (Å²) >= 11 is 0. The molecule has 1 N–H and O–H groups in total. The van der Waals surface area contributed by atoms with Crippen molar-refractivity contribution in [3.05, 3.63) is 28.8 Å². The highest BCUT2D eigenvalue weighted by atomic mass is 16.5. The van der Waals surface area contributed by atoms with Gasteiger partial charge in [-0.15, -0.1) is 0 Å². The van der Waals surface area contributed by atoms with Crippen molar-refractivity contribution in [3.63, 3.8) is 0 Å². The second-order valence-electron chi connectivity index (χ2n) is 6.47. The van der Waals surface area contributed by atoms with Crippen molar-refractivity contribution in [1.29, 1.82) is 0 Å². The van der Waals surface area contributed by atoms with Crippen LogP contribution in [0.2, 0.25) is 0 Å². The Kier molecular flexibility index (Phi) is 3.74. The highest BCUT2D eigenvalue weighted by Crippen LogP contribution is 2.40. The first-order valence-corrected chi connectivity index (χ1v) is 7.73. The average Bonchev–Trinajstić information content (AvgIpc) is 2.44. The highest BCUT2D eigenvalue weighted by Gasteiger charge is 2.36. The van der Waals surface area contributed by atoms with Gasteiger partial charge < -0.3 is 9.84 Å². The predicted molar refractivity (Wildman–Crippen MR) is 80.1 cm³/mol. The number of aliphatic hydroxyl groups excluding tert-OH is 1. The lowest BCUT2D eigenvalue weighted by molar-refractivity contribution is -0.0117. The molecule has 0 spiro atoms. The van der Waals surface area contributed by atoms with Gasteiger partial charge in [0.2, 0.25) is 0 Å². The van der Waals surface area contributed by atoms with Gasteiger partial charge in [0.25, 0.3) is 0 Å². The van der Waals surface area contributed by atoms with Gasteiger partial charge in [-0.25, -0.2) is 0 Å². The van der Waals surface area contributed by atoms with E-state index in [0.29, 0.717) is 6.61 Å². The van der Waals surface area contributed by atoms with Crippen molar-refractivity contribution in [1.82, 2.24) is 4.90 Å². The Morgan fingerprint density at radius 1 is 1.20 bits per heavy atom. The van der Waals surface area contributed by atoms with E-state index in [1.54, 1.807) is 0 Å². The lowest BCUT2D eigenvalue weighted by Gasteiger charge is -2.42. The van der Waals surface area contributed by atoms with Crippen molar-refractivity contribution in [2.75, 3.05) is 19.7 Å². The van der Waals surface area contributed by atoms with Crippen molar-refractivity contribution >= 4 is 0 Å². The van der Waals surface area contributed by atoms with Crippen LogP contribution in [0, 0.1) is 19.8 Å². The normalized spacial score (nSPS) is 28.0. The molecule has 0 amide bonds. The number of benzene rings is 1. The first-order valence-electron chi connectivity index (χ1n) is 7.73. The van der Waals surface area contributed by atoms with Crippen LogP contribution in [-0.4, -0.2) is 35.8 Å². The van der Waals surface area contributed by atoms with Crippen molar-refractivity contribution in [2.24, 2.45) is 5.92 Å². The summed E-state index contributed by atoms with van der Waals surface area (Å²) in [5, 5.41) is 10.4. The van der Waals surface area contributed by atoms with E-state index in [-0.39, 0.29) is 6.04 Å². The van der Waals surface area contributed by atoms with Crippen LogP contribution in [0.15, 0.2) is 12.1 Å². The van der Waals surface area contributed by atoms with E-state index in [9.17, 15) is 5.11 Å². The van der Waals surface area contributed by atoms with Gasteiger partial charge in [0.15, 0.2) is 0 Å². The van der Waals surface area contributed by atoms with Crippen LogP contribution in [0.25, 0.3) is 0 Å². The Hall–Kier alpha value is -1.06. The molecular weight excluding hydrogens is 250 g/mol. The number of aliphatic hydroxyl groups is 1. The van der Waals surface area contributed by atoms with E-state index < -0.39 is 6.10 Å². The molecule has 0 aromatic heterocycles. The van der Waals surface area contributed by atoms with Gasteiger partial charge in [0.05, 0.1) is 6.04 Å². The predicted octanol–water partition coefficient (Wildman–Crippen LogP) is 2.83. The maximum absolute atomic E-state index is 10.4. The summed E-state index contributed by atoms with van der Waals surface area (Å²) in [6.07, 6.45) is 2.03. The van der Waals surface area contributed by atoms with Gasteiger partial charge in [-0.05, 0) is 56.8 Å². The molecule has 1 aromatic rings. The SMILES string of the molecule is Cc1ccc2c(c1C)OCC(O)C2N1CCC(C)CC1. The second kappa shape index (κ2) is 5.38. The van der Waals surface area contributed by atoms with Crippen LogP contribution in [0.1, 0.15) is 42.5 Å². The van der Waals surface area contributed by atoms with Crippen molar-refractivity contribution < 1.29 is 9.84 Å². The number of hydrogen-bond acceptors (Lipinski definition) is 3. The Labute approximate surface area is 121 Å². The molecule has 0 aliphatic carbocycles. The number of piperidine rings is 1. The smallest absolute Gasteiger partial charge is 0.127 e. The Morgan fingerprint density at radius 3 is 2.60 bits per heavy atom. The molecule has 2 heterocycles. The average molecular weight is 275 g/mol. The molecule has 0 bridgehead atoms. The summed E-state index contributed by atoms with van der Waals surface area (Å²) in [7, 11) is 0. The van der Waals surface area contributed by atoms with E-state index in [1.165, 1.54) is 29.5 Å². The minimum atomic E-state index is -0.419. The Bertz CT molecular complexity index is 492. The summed E-state index contributed by atoms with van der Waals surface area (Å²) in [5.41, 5.74) is 3.64. The monoisotopic (exact) mass is 275 g/mol. The topological polar surface area (TPSA) is 32.7 Å². The molecule has 20 heavy (non-hydrogen) atoms. The van der Waals surface area contributed by atoms with Crippen LogP contribution in [0.5, 0.6) is 5.75 Å². The Morgan fingerprint density at radius 2 is 1.90 bits per heavy atom. The molecule has 0 radical (unpaired) electrons. The van der Waals surface area contributed by atoms with E-state index in [2.05, 4.69) is 37.8 Å². The van der Waals surface area contributed by atoms with Crippen LogP contribution < -0.4 is 4.74 Å². The quantitative estimate of drug-likeness (QED) is 0.855. The standard InChI is InChI=1S/C17H25NO2/c1-11-6-8-18(9-7-11)16-14-5-4-12(2)13(3)17(14)20-10-15(16)19/h4-5,11,15-16,19H,6-10H2,1-3H3. The summed E-state index contributed by atoms with van der Waals surface area (Å²) in [6.45, 7) is 9.11. The summed E-state index contributed by atoms with van der Waals surface area (Å²) in [6, 6.07) is 4.39. The van der Waals surface area contributed by atoms with Crippen LogP contribution >= 0.6 is 0 Å². The van der Waals surface area contributed by atoms with E-state index >= 15 is 0 Å². The van der Waals surface area contributed by atoms with Crippen LogP contribution in [-0.2, 0) is 0 Å². The molecule has 2 aliphatic rings. The molecule has 110 valence electrons. The molecule has 2 unspecified atom stereocenters. The number of rotatable bonds is 1. The fourth-order valence-corrected chi connectivity index (χ4v) is 3.45. The zero-order valence-electron chi connectivity index (χ0n) is 12.7. The van der Waals surface area contributed by atoms with Crippen LogP contribution in [0.3, 0.4) is 0 Å². The van der Waals surface area contributed by atoms with Gasteiger partial charge in [0.1, 0.15) is 18.5 Å². The summed E-state index contributed by atoms with van der Waals surface area (Å²) < 4.78 is 5.81. The number of likely N-dealkylation sites (tertiary alicyclic amines) is 1. The number of aryl methyl sites for hydroxylation is 1. The number of hydrogen-bond donors (Lipinski definition) is 1. The number of ether oxygens (including phenoxy) is 1. The van der Waals surface area contributed by atoms with E-state index in [4.69, 9.17) is 4.74 Å². The fourth-order valence-electron chi connectivity index (χ4n) is 3.45. The fraction of sp³-hybridized carbons (Fsp3) is 0.647. The third kappa shape index (κ3) is 2.33. The molecule has 2 aliphatic heterocycles. The van der Waals surface area contributed by atoms with E-state index in [1.807, 2.05) is 0 Å². The van der Waals surface area contributed by atoms with Crippen LogP contribution in [0.4, 0.5) is 0 Å². The minimum absolute atomic E-state index is 0.102. The van der Waals surface area contributed by atoms with Gasteiger partial charge in [-0.3, -0.25) is 4.90 Å². The molecule has 1 fully saturated rings. The molecular formula is C17H25NO2. The van der Waals surface area contributed by atoms with E-state index in [0.717, 1.165) is 24.8 Å². The third-order valence-corrected chi connectivity index (χ3v) is 5.00. The first-order chi connectivity index (χ1) is 9.58. The van der Waals surface area contributed by atoms with Crippen molar-refractivity contribution in [3.8, 4) is 5.75 Å². The molecule has 2 atom stereocenters. The largest absolute Gasteiger partial charge is 0.490 e. The highest BCUT2D eigenvalue weighted by molar-refractivity contribution is 5.48. The minimum Gasteiger partial charge on any atom is -0.490 e. The maximum atomic E-state index is 10.4. The zero-order valence-corrected chi connectivity index (χ0v) is 12.7. The lowest BCUT2D eigenvalue weighted by Crippen LogP contribution is -2.45. The summed E-state index contributed by atoms with van der Waals surface area (Å²) in [4.78, 5) is 2.45. The first kappa shape index (κ1) is 13.9. The number of nitrogens with zero attached hydrogens (tertiary/aromatic N) is 1. The second-order valence-corrected chi connectivity index (χ2v) is 6.47. The molecule has 0 saturated carbocycles. The summed E-state index contributed by atoms with van der Waals surface area (Å²) in [5.74, 6) is 1.81.